The summed E-state index contributed by atoms with van der Waals surface area (Å²) in [6.45, 7) is 3.75. The molecule has 0 fully saturated rings. The molecule has 1 heterocycles. The van der Waals surface area contributed by atoms with Gasteiger partial charge in [0.15, 0.2) is 0 Å². The molecule has 3 rings (SSSR count). The van der Waals surface area contributed by atoms with Crippen molar-refractivity contribution in [1.82, 2.24) is 0 Å². The van der Waals surface area contributed by atoms with Crippen molar-refractivity contribution in [2.24, 2.45) is 0 Å². The summed E-state index contributed by atoms with van der Waals surface area (Å²) in [6, 6.07) is 15.6. The van der Waals surface area contributed by atoms with Gasteiger partial charge in [-0.25, -0.2) is 9.59 Å². The van der Waals surface area contributed by atoms with E-state index in [2.05, 4.69) is 6.58 Å². The lowest BCUT2D eigenvalue weighted by Gasteiger charge is -2.35. The first kappa shape index (κ1) is 17.5. The van der Waals surface area contributed by atoms with Gasteiger partial charge >= 0.3 is 12.1 Å². The molecular formula is C21H19NO4. The van der Waals surface area contributed by atoms with Gasteiger partial charge in [-0.2, -0.15) is 0 Å². The van der Waals surface area contributed by atoms with Crippen LogP contribution in [0.25, 0.3) is 6.08 Å². The maximum Gasteiger partial charge on any atom is 0.420 e. The van der Waals surface area contributed by atoms with Crippen LogP contribution in [-0.4, -0.2) is 25.2 Å². The van der Waals surface area contributed by atoms with E-state index < -0.39 is 18.1 Å². The van der Waals surface area contributed by atoms with Crippen molar-refractivity contribution in [3.05, 3.63) is 78.4 Å². The van der Waals surface area contributed by atoms with E-state index in [1.807, 2.05) is 30.3 Å². The van der Waals surface area contributed by atoms with Gasteiger partial charge in [-0.15, -0.1) is 6.58 Å². The number of methoxy groups -OCH3 is 1. The Hall–Kier alpha value is -3.34. The second-order valence-corrected chi connectivity index (χ2v) is 5.74. The first-order chi connectivity index (χ1) is 12.7. The highest BCUT2D eigenvalue weighted by molar-refractivity contribution is 6.04. The Morgan fingerprint density at radius 1 is 1.12 bits per heavy atom. The Balaban J connectivity index is 2.04. The van der Waals surface area contributed by atoms with Crippen molar-refractivity contribution in [2.45, 2.75) is 12.5 Å². The zero-order valence-corrected chi connectivity index (χ0v) is 14.4. The minimum Gasteiger partial charge on any atom is -0.466 e. The van der Waals surface area contributed by atoms with Crippen molar-refractivity contribution in [3.8, 4) is 5.75 Å². The van der Waals surface area contributed by atoms with Gasteiger partial charge in [0.05, 0.1) is 24.4 Å². The molecule has 0 aromatic heterocycles. The minimum atomic E-state index is -0.565. The minimum absolute atomic E-state index is 0.385. The zero-order valence-electron chi connectivity index (χ0n) is 14.4. The van der Waals surface area contributed by atoms with Crippen LogP contribution in [0, 0.1) is 0 Å². The topological polar surface area (TPSA) is 55.8 Å². The van der Waals surface area contributed by atoms with Gasteiger partial charge in [-0.05, 0) is 36.3 Å². The summed E-state index contributed by atoms with van der Waals surface area (Å²) in [4.78, 5) is 26.7. The molecule has 26 heavy (non-hydrogen) atoms. The molecule has 0 bridgehead atoms. The molecule has 0 radical (unpaired) electrons. The quantitative estimate of drug-likeness (QED) is 0.613. The number of anilines is 1. The van der Waals surface area contributed by atoms with E-state index in [4.69, 9.17) is 9.47 Å². The van der Waals surface area contributed by atoms with Crippen LogP contribution >= 0.6 is 0 Å². The summed E-state index contributed by atoms with van der Waals surface area (Å²) >= 11 is 0. The summed E-state index contributed by atoms with van der Waals surface area (Å²) in [5.74, 6) is -0.0506. The van der Waals surface area contributed by atoms with Crippen LogP contribution in [0.3, 0.4) is 0 Å². The molecule has 2 aromatic rings. The number of benzene rings is 2. The average molecular weight is 349 g/mol. The number of rotatable bonds is 4. The van der Waals surface area contributed by atoms with Crippen molar-refractivity contribution < 1.29 is 19.1 Å². The van der Waals surface area contributed by atoms with E-state index in [1.165, 1.54) is 12.0 Å². The third kappa shape index (κ3) is 3.37. The molecule has 132 valence electrons. The van der Waals surface area contributed by atoms with Gasteiger partial charge < -0.3 is 9.47 Å². The molecule has 5 nitrogen and oxygen atoms in total. The first-order valence-electron chi connectivity index (χ1n) is 8.21. The Morgan fingerprint density at radius 3 is 2.50 bits per heavy atom. The van der Waals surface area contributed by atoms with Crippen LogP contribution in [0.4, 0.5) is 10.5 Å². The largest absolute Gasteiger partial charge is 0.466 e. The van der Waals surface area contributed by atoms with Crippen molar-refractivity contribution in [3.63, 3.8) is 0 Å². The van der Waals surface area contributed by atoms with Crippen molar-refractivity contribution in [2.75, 3.05) is 12.0 Å². The molecule has 1 aliphatic heterocycles. The molecule has 5 heteroatoms. The van der Waals surface area contributed by atoms with Gasteiger partial charge in [0, 0.05) is 0 Å². The normalized spacial score (nSPS) is 15.5. The van der Waals surface area contributed by atoms with Crippen LogP contribution in [0.15, 0.2) is 72.8 Å². The van der Waals surface area contributed by atoms with Crippen LogP contribution in [0.5, 0.6) is 5.75 Å². The number of hydrogen-bond donors (Lipinski definition) is 0. The lowest BCUT2D eigenvalue weighted by molar-refractivity contribution is -0.136. The molecule has 1 amide bonds. The van der Waals surface area contributed by atoms with Gasteiger partial charge in [0.1, 0.15) is 5.75 Å². The molecule has 1 unspecified atom stereocenters. The fraction of sp³-hybridized carbons (Fsp3) is 0.143. The monoisotopic (exact) mass is 349 g/mol. The number of amides is 1. The van der Waals surface area contributed by atoms with E-state index in [9.17, 15) is 9.59 Å². The molecule has 0 saturated heterocycles. The predicted octanol–water partition coefficient (Wildman–Crippen LogP) is 4.21. The number of nitrogens with zero attached hydrogens (tertiary/aromatic N) is 1. The molecule has 0 saturated carbocycles. The molecule has 1 aliphatic rings. The van der Waals surface area contributed by atoms with Gasteiger partial charge in [-0.1, -0.05) is 42.5 Å². The number of fused-ring (bicyclic) bond motifs is 1. The van der Waals surface area contributed by atoms with E-state index in [0.717, 1.165) is 5.56 Å². The number of ether oxygens (including phenoxy) is 2. The van der Waals surface area contributed by atoms with E-state index >= 15 is 0 Å². The number of para-hydroxylation sites is 2. The third-order valence-corrected chi connectivity index (χ3v) is 4.13. The Morgan fingerprint density at radius 2 is 1.81 bits per heavy atom. The summed E-state index contributed by atoms with van der Waals surface area (Å²) in [5.41, 5.74) is 1.81. The van der Waals surface area contributed by atoms with E-state index in [1.54, 1.807) is 36.4 Å². The van der Waals surface area contributed by atoms with E-state index in [0.29, 0.717) is 23.4 Å². The second-order valence-electron chi connectivity index (χ2n) is 5.74. The average Bonchev–Trinajstić information content (AvgIpc) is 2.67. The maximum atomic E-state index is 13.0. The number of hydrogen-bond acceptors (Lipinski definition) is 4. The lowest BCUT2D eigenvalue weighted by atomic mass is 9.93. The number of esters is 1. The SMILES string of the molecule is C=CCC1C(C(=O)OC)=Cc2ccccc2N1C(=O)Oc1ccccc1. The lowest BCUT2D eigenvalue weighted by Crippen LogP contribution is -2.46. The van der Waals surface area contributed by atoms with Crippen LogP contribution < -0.4 is 9.64 Å². The van der Waals surface area contributed by atoms with Crippen LogP contribution in [-0.2, 0) is 9.53 Å². The molecular weight excluding hydrogens is 330 g/mol. The zero-order chi connectivity index (χ0) is 18.5. The molecule has 0 N–H and O–H groups in total. The number of carbonyl (C=O) groups is 2. The van der Waals surface area contributed by atoms with Crippen LogP contribution in [0.2, 0.25) is 0 Å². The molecule has 0 aliphatic carbocycles. The highest BCUT2D eigenvalue weighted by Crippen LogP contribution is 2.35. The highest BCUT2D eigenvalue weighted by Gasteiger charge is 2.36. The highest BCUT2D eigenvalue weighted by atomic mass is 16.6. The standard InChI is InChI=1S/C21H19NO4/c1-3-9-19-17(20(23)25-2)14-15-10-7-8-13-18(15)22(19)21(24)26-16-11-5-4-6-12-16/h3-8,10-14,19H,1,9H2,2H3. The van der Waals surface area contributed by atoms with Crippen LogP contribution in [0.1, 0.15) is 12.0 Å². The Bertz CT molecular complexity index is 857. The fourth-order valence-corrected chi connectivity index (χ4v) is 2.97. The predicted molar refractivity (Wildman–Crippen MR) is 100.0 cm³/mol. The Kier molecular flexibility index (Phi) is 5.17. The summed E-state index contributed by atoms with van der Waals surface area (Å²) in [7, 11) is 1.32. The Labute approximate surface area is 152 Å². The van der Waals surface area contributed by atoms with E-state index in [-0.39, 0.29) is 0 Å². The molecule has 1 atom stereocenters. The molecule has 0 spiro atoms. The molecule has 2 aromatic carbocycles. The summed E-state index contributed by atoms with van der Waals surface area (Å²) in [5, 5.41) is 0. The van der Waals surface area contributed by atoms with Gasteiger partial charge in [0.25, 0.3) is 0 Å². The van der Waals surface area contributed by atoms with Crippen molar-refractivity contribution in [1.29, 1.82) is 0 Å². The van der Waals surface area contributed by atoms with Crippen molar-refractivity contribution >= 4 is 23.8 Å². The fourth-order valence-electron chi connectivity index (χ4n) is 2.97. The maximum absolute atomic E-state index is 13.0. The third-order valence-electron chi connectivity index (χ3n) is 4.13. The summed E-state index contributed by atoms with van der Waals surface area (Å²) in [6.07, 6.45) is 3.24. The smallest absolute Gasteiger partial charge is 0.420 e. The van der Waals surface area contributed by atoms with Gasteiger partial charge in [-0.3, -0.25) is 4.90 Å². The first-order valence-corrected chi connectivity index (χ1v) is 8.21. The van der Waals surface area contributed by atoms with Gasteiger partial charge in [0.2, 0.25) is 0 Å². The number of carbonyl (C=O) groups excluding carboxylic acids is 2. The summed E-state index contributed by atoms with van der Waals surface area (Å²) < 4.78 is 10.4. The second kappa shape index (κ2) is 7.70.